The predicted octanol–water partition coefficient (Wildman–Crippen LogP) is 0.499. The van der Waals surface area contributed by atoms with E-state index in [1.54, 1.807) is 6.92 Å². The van der Waals surface area contributed by atoms with Crippen LogP contribution >= 0.6 is 0 Å². The summed E-state index contributed by atoms with van der Waals surface area (Å²) >= 11 is 0. The van der Waals surface area contributed by atoms with Crippen molar-refractivity contribution in [2.24, 2.45) is 0 Å². The van der Waals surface area contributed by atoms with Gasteiger partial charge in [0, 0.05) is 13.1 Å². The van der Waals surface area contributed by atoms with E-state index in [-0.39, 0.29) is 18.0 Å². The van der Waals surface area contributed by atoms with Crippen molar-refractivity contribution in [3.8, 4) is 0 Å². The maximum absolute atomic E-state index is 13.4. The van der Waals surface area contributed by atoms with Gasteiger partial charge in [-0.3, -0.25) is 0 Å². The van der Waals surface area contributed by atoms with E-state index in [4.69, 9.17) is 5.11 Å². The fourth-order valence-electron chi connectivity index (χ4n) is 1.56. The molecule has 1 fully saturated rings. The van der Waals surface area contributed by atoms with Crippen LogP contribution in [0.15, 0.2) is 23.1 Å². The number of benzene rings is 1. The largest absolute Gasteiger partial charge is 0.390 e. The topological polar surface area (TPSA) is 57.6 Å². The summed E-state index contributed by atoms with van der Waals surface area (Å²) in [6, 6.07) is 3.95. The van der Waals surface area contributed by atoms with Crippen molar-refractivity contribution >= 4 is 10.0 Å². The van der Waals surface area contributed by atoms with Crippen molar-refractivity contribution < 1.29 is 17.9 Å². The van der Waals surface area contributed by atoms with Crippen molar-refractivity contribution in [3.05, 3.63) is 29.6 Å². The summed E-state index contributed by atoms with van der Waals surface area (Å²) in [4.78, 5) is -0.320. The van der Waals surface area contributed by atoms with Gasteiger partial charge in [0.15, 0.2) is 0 Å². The molecular formula is C10H12FNO3S. The van der Waals surface area contributed by atoms with Gasteiger partial charge in [-0.25, -0.2) is 12.8 Å². The normalized spacial score (nSPS) is 18.4. The molecule has 1 aliphatic rings. The third-order valence-electron chi connectivity index (χ3n) is 2.53. The van der Waals surface area contributed by atoms with Gasteiger partial charge in [0.2, 0.25) is 10.0 Å². The van der Waals surface area contributed by atoms with Crippen LogP contribution in [0.3, 0.4) is 0 Å². The van der Waals surface area contributed by atoms with Crippen LogP contribution in [0.4, 0.5) is 4.39 Å². The van der Waals surface area contributed by atoms with Crippen LogP contribution in [0.1, 0.15) is 5.56 Å². The molecule has 16 heavy (non-hydrogen) atoms. The smallest absolute Gasteiger partial charge is 0.246 e. The summed E-state index contributed by atoms with van der Waals surface area (Å²) in [6.45, 7) is 1.77. The summed E-state index contributed by atoms with van der Waals surface area (Å²) < 4.78 is 38.3. The number of sulfonamides is 1. The highest BCUT2D eigenvalue weighted by Gasteiger charge is 2.36. The maximum Gasteiger partial charge on any atom is 0.246 e. The molecule has 6 heteroatoms. The van der Waals surface area contributed by atoms with Gasteiger partial charge in [-0.2, -0.15) is 4.31 Å². The first-order valence-corrected chi connectivity index (χ1v) is 6.29. The number of rotatable bonds is 2. The number of aliphatic hydroxyl groups excluding tert-OH is 1. The number of halogens is 1. The molecule has 0 amide bonds. The van der Waals surface area contributed by atoms with Crippen molar-refractivity contribution in [1.82, 2.24) is 4.31 Å². The minimum Gasteiger partial charge on any atom is -0.390 e. The molecule has 0 spiro atoms. The summed E-state index contributed by atoms with van der Waals surface area (Å²) in [5, 5.41) is 9.05. The number of aryl methyl sites for hydroxylation is 1. The van der Waals surface area contributed by atoms with Gasteiger partial charge in [0.05, 0.1) is 6.10 Å². The van der Waals surface area contributed by atoms with Gasteiger partial charge in [0.25, 0.3) is 0 Å². The lowest BCUT2D eigenvalue weighted by atomic mass is 10.2. The first-order chi connectivity index (χ1) is 7.41. The first kappa shape index (κ1) is 11.5. The number of hydrogen-bond donors (Lipinski definition) is 1. The van der Waals surface area contributed by atoms with E-state index in [1.807, 2.05) is 0 Å². The third-order valence-corrected chi connectivity index (χ3v) is 4.38. The highest BCUT2D eigenvalue weighted by Crippen LogP contribution is 2.24. The molecule has 1 N–H and O–H groups in total. The van der Waals surface area contributed by atoms with Gasteiger partial charge >= 0.3 is 0 Å². The fourth-order valence-corrected chi connectivity index (χ4v) is 3.22. The zero-order chi connectivity index (χ0) is 11.9. The van der Waals surface area contributed by atoms with Crippen LogP contribution in [0, 0.1) is 12.7 Å². The molecule has 1 heterocycles. The summed E-state index contributed by atoms with van der Waals surface area (Å²) in [7, 11) is -3.79. The molecule has 1 aromatic rings. The Morgan fingerprint density at radius 1 is 1.44 bits per heavy atom. The van der Waals surface area contributed by atoms with E-state index in [2.05, 4.69) is 0 Å². The third kappa shape index (κ3) is 1.83. The molecule has 0 atom stereocenters. The number of hydrogen-bond acceptors (Lipinski definition) is 3. The number of β-amino-alcohol motifs (C(OH)–C–C–N with tert-alkyl or cyclic N) is 1. The first-order valence-electron chi connectivity index (χ1n) is 4.85. The Balaban J connectivity index is 2.40. The Kier molecular flexibility index (Phi) is 2.73. The fraction of sp³-hybridized carbons (Fsp3) is 0.400. The van der Waals surface area contributed by atoms with E-state index in [9.17, 15) is 12.8 Å². The van der Waals surface area contributed by atoms with Crippen LogP contribution < -0.4 is 0 Å². The zero-order valence-corrected chi connectivity index (χ0v) is 9.54. The Morgan fingerprint density at radius 3 is 2.62 bits per heavy atom. The second-order valence-electron chi connectivity index (χ2n) is 3.91. The highest BCUT2D eigenvalue weighted by atomic mass is 32.2. The van der Waals surface area contributed by atoms with Crippen LogP contribution in [-0.2, 0) is 10.0 Å². The van der Waals surface area contributed by atoms with Gasteiger partial charge in [-0.05, 0) is 24.6 Å². The Labute approximate surface area is 93.4 Å². The van der Waals surface area contributed by atoms with Crippen molar-refractivity contribution in [1.29, 1.82) is 0 Å². The molecule has 1 aromatic carbocycles. The number of aliphatic hydroxyl groups is 1. The lowest BCUT2D eigenvalue weighted by Gasteiger charge is -2.34. The lowest BCUT2D eigenvalue weighted by Crippen LogP contribution is -2.53. The van der Waals surface area contributed by atoms with Crippen molar-refractivity contribution in [2.45, 2.75) is 17.9 Å². The highest BCUT2D eigenvalue weighted by molar-refractivity contribution is 7.89. The Morgan fingerprint density at radius 2 is 2.06 bits per heavy atom. The lowest BCUT2D eigenvalue weighted by molar-refractivity contribution is 0.0546. The van der Waals surface area contributed by atoms with Gasteiger partial charge in [0.1, 0.15) is 10.7 Å². The summed E-state index contributed by atoms with van der Waals surface area (Å²) in [5.74, 6) is -0.757. The molecule has 2 rings (SSSR count). The SMILES string of the molecule is Cc1ccc(F)c(S(=O)(=O)N2CC(O)C2)c1. The molecule has 0 bridgehead atoms. The maximum atomic E-state index is 13.4. The molecule has 88 valence electrons. The average molecular weight is 245 g/mol. The van der Waals surface area contributed by atoms with Gasteiger partial charge < -0.3 is 5.11 Å². The summed E-state index contributed by atoms with van der Waals surface area (Å²) in [6.07, 6.45) is -0.636. The zero-order valence-electron chi connectivity index (χ0n) is 8.72. The number of nitrogens with zero attached hydrogens (tertiary/aromatic N) is 1. The molecule has 0 aliphatic carbocycles. The molecule has 1 saturated heterocycles. The average Bonchev–Trinajstić information content (AvgIpc) is 2.16. The quantitative estimate of drug-likeness (QED) is 0.825. The molecule has 0 unspecified atom stereocenters. The van der Waals surface area contributed by atoms with Crippen molar-refractivity contribution in [3.63, 3.8) is 0 Å². The minimum atomic E-state index is -3.79. The second kappa shape index (κ2) is 3.80. The van der Waals surface area contributed by atoms with Crippen LogP contribution in [0.5, 0.6) is 0 Å². The molecule has 0 radical (unpaired) electrons. The van der Waals surface area contributed by atoms with Gasteiger partial charge in [-0.1, -0.05) is 6.07 Å². The van der Waals surface area contributed by atoms with Crippen LogP contribution in [0.2, 0.25) is 0 Å². The van der Waals surface area contributed by atoms with Crippen molar-refractivity contribution in [2.75, 3.05) is 13.1 Å². The predicted molar refractivity (Wildman–Crippen MR) is 55.9 cm³/mol. The molecule has 1 aliphatic heterocycles. The minimum absolute atomic E-state index is 0.0374. The molecule has 4 nitrogen and oxygen atoms in total. The standard InChI is InChI=1S/C10H12FNO3S/c1-7-2-3-9(11)10(4-7)16(14,15)12-5-8(13)6-12/h2-4,8,13H,5-6H2,1H3. The van der Waals surface area contributed by atoms with E-state index in [1.165, 1.54) is 12.1 Å². The van der Waals surface area contributed by atoms with E-state index >= 15 is 0 Å². The summed E-state index contributed by atoms with van der Waals surface area (Å²) in [5.41, 5.74) is 0.682. The monoisotopic (exact) mass is 245 g/mol. The Bertz CT molecular complexity index is 509. The molecule has 0 saturated carbocycles. The van der Waals surface area contributed by atoms with E-state index < -0.39 is 21.9 Å². The molecular weight excluding hydrogens is 233 g/mol. The van der Waals surface area contributed by atoms with E-state index in [0.29, 0.717) is 5.56 Å². The Hall–Kier alpha value is -0.980. The van der Waals surface area contributed by atoms with Crippen LogP contribution in [-0.4, -0.2) is 37.0 Å². The van der Waals surface area contributed by atoms with Gasteiger partial charge in [-0.15, -0.1) is 0 Å². The van der Waals surface area contributed by atoms with Crippen LogP contribution in [0.25, 0.3) is 0 Å². The van der Waals surface area contributed by atoms with E-state index in [0.717, 1.165) is 10.4 Å². The second-order valence-corrected chi connectivity index (χ2v) is 5.82. The molecule has 0 aromatic heterocycles.